The van der Waals surface area contributed by atoms with E-state index in [-0.39, 0.29) is 4.75 Å². The summed E-state index contributed by atoms with van der Waals surface area (Å²) in [4.78, 5) is -1.85. The molecule has 0 aliphatic heterocycles. The Morgan fingerprint density at radius 2 is 1.38 bits per heavy atom. The lowest BCUT2D eigenvalue weighted by atomic mass is 10.2. The summed E-state index contributed by atoms with van der Waals surface area (Å²) in [7, 11) is -9.55. The maximum atomic E-state index is 12.5. The molecule has 1 rings (SSSR count). The van der Waals surface area contributed by atoms with Gasteiger partial charge in [0.25, 0.3) is 0 Å². The molecule has 0 amide bonds. The van der Waals surface area contributed by atoms with Crippen LogP contribution >= 0.6 is 22.2 Å². The Hall–Kier alpha value is -0.470. The largest absolute Gasteiger partial charge is 0.310 e. The molecule has 1 nitrogen and oxygen atoms in total. The number of benzene rings is 1. The summed E-state index contributed by atoms with van der Waals surface area (Å²) >= 11 is 1.42. The van der Waals surface area contributed by atoms with Crippen molar-refractivity contribution in [3.05, 3.63) is 29.8 Å². The Kier molecular flexibility index (Phi) is 5.83. The highest BCUT2D eigenvalue weighted by Crippen LogP contribution is 3.02. The van der Waals surface area contributed by atoms with Gasteiger partial charge in [0, 0.05) is 11.3 Å². The third-order valence-electron chi connectivity index (χ3n) is 2.02. The highest BCUT2D eigenvalue weighted by Gasteiger charge is 2.65. The first-order valence-electron chi connectivity index (χ1n) is 6.41. The lowest BCUT2D eigenvalue weighted by molar-refractivity contribution is 0.364. The fourth-order valence-corrected chi connectivity index (χ4v) is 2.52. The van der Waals surface area contributed by atoms with Gasteiger partial charge in [0.2, 0.25) is 0 Å². The number of halogens is 5. The lowest BCUT2D eigenvalue weighted by Gasteiger charge is -2.40. The third-order valence-corrected chi connectivity index (χ3v) is 4.09. The zero-order valence-corrected chi connectivity index (χ0v) is 14.4. The van der Waals surface area contributed by atoms with Crippen LogP contribution in [0.25, 0.3) is 0 Å². The molecule has 0 atom stereocenters. The van der Waals surface area contributed by atoms with Crippen molar-refractivity contribution in [3.63, 3.8) is 0 Å². The van der Waals surface area contributed by atoms with E-state index in [4.69, 9.17) is 0 Å². The molecule has 0 radical (unpaired) electrons. The summed E-state index contributed by atoms with van der Waals surface area (Å²) in [6.45, 7) is 10.2. The van der Waals surface area contributed by atoms with Crippen LogP contribution in [0.1, 0.15) is 40.2 Å². The van der Waals surface area contributed by atoms with Gasteiger partial charge in [-0.25, -0.2) is 0 Å². The molecule has 0 aliphatic rings. The molecule has 126 valence electrons. The number of hydrogen-bond donors (Lipinski definition) is 1. The summed E-state index contributed by atoms with van der Waals surface area (Å²) < 4.78 is 65.3. The van der Waals surface area contributed by atoms with Crippen molar-refractivity contribution < 1.29 is 19.4 Å². The van der Waals surface area contributed by atoms with Crippen molar-refractivity contribution in [2.24, 2.45) is 0 Å². The molecule has 1 N–H and O–H groups in total. The second kappa shape index (κ2) is 5.96. The predicted octanol–water partition coefficient (Wildman–Crippen LogP) is 6.91. The predicted molar refractivity (Wildman–Crippen MR) is 83.4 cm³/mol. The lowest BCUT2D eigenvalue weighted by Crippen LogP contribution is -2.16. The van der Waals surface area contributed by atoms with E-state index in [1.165, 1.54) is 11.9 Å². The minimum Gasteiger partial charge on any atom is -0.259 e. The molecule has 1 aromatic rings. The van der Waals surface area contributed by atoms with Crippen molar-refractivity contribution >= 4 is 22.2 Å². The van der Waals surface area contributed by atoms with Gasteiger partial charge in [-0.3, -0.25) is 4.72 Å². The fourth-order valence-electron chi connectivity index (χ4n) is 1.20. The van der Waals surface area contributed by atoms with E-state index < -0.39 is 15.1 Å². The first-order valence-corrected chi connectivity index (χ1v) is 9.18. The monoisotopic (exact) mass is 351 g/mol. The molecular formula is C13H22F5NS2. The molecule has 0 spiro atoms. The van der Waals surface area contributed by atoms with E-state index >= 15 is 0 Å². The van der Waals surface area contributed by atoms with Crippen LogP contribution in [0.15, 0.2) is 29.2 Å². The zero-order chi connectivity index (χ0) is 17.0. The van der Waals surface area contributed by atoms with Crippen LogP contribution in [-0.2, 0) is 6.54 Å². The van der Waals surface area contributed by atoms with Crippen LogP contribution in [0.5, 0.6) is 0 Å². The van der Waals surface area contributed by atoms with Crippen LogP contribution in [-0.4, -0.2) is 4.75 Å². The Morgan fingerprint density at radius 1 is 0.952 bits per heavy atom. The van der Waals surface area contributed by atoms with E-state index in [0.29, 0.717) is 24.2 Å². The number of nitrogens with one attached hydrogen (secondary N) is 1. The van der Waals surface area contributed by atoms with Crippen LogP contribution in [0.4, 0.5) is 19.4 Å². The maximum Gasteiger partial charge on any atom is 0.310 e. The van der Waals surface area contributed by atoms with Gasteiger partial charge in [0.05, 0.1) is 0 Å². The topological polar surface area (TPSA) is 12.0 Å². The molecular weight excluding hydrogens is 329 g/mol. The van der Waals surface area contributed by atoms with Crippen molar-refractivity contribution in [2.45, 2.75) is 50.8 Å². The Labute approximate surface area is 127 Å². The standard InChI is InChI=1S/C11H16F5NS2.C2H6/c1-11(2,3)18-17-8-9-4-6-10(7-5-9)19(12,13,14,15)16;1-2/h4-7,17H,8H2,1-3H3;1-2H3. The minimum atomic E-state index is -9.55. The first kappa shape index (κ1) is 20.5. The van der Waals surface area contributed by atoms with Gasteiger partial charge in [0.15, 0.2) is 0 Å². The molecule has 1 aromatic carbocycles. The normalized spacial score (nSPS) is 15.5. The first-order chi connectivity index (χ1) is 9.17. The van der Waals surface area contributed by atoms with Gasteiger partial charge in [-0.05, 0) is 38.5 Å². The molecule has 0 aliphatic carbocycles. The van der Waals surface area contributed by atoms with E-state index in [0.717, 1.165) is 12.1 Å². The summed E-state index contributed by atoms with van der Waals surface area (Å²) in [6, 6.07) is 2.98. The van der Waals surface area contributed by atoms with Crippen LogP contribution in [0.3, 0.4) is 0 Å². The SMILES string of the molecule is CC.CC(C)(C)SNCc1ccc(S(F)(F)(F)(F)F)cc1. The molecule has 0 heterocycles. The summed E-state index contributed by atoms with van der Waals surface area (Å²) in [5, 5.41) is 0. The van der Waals surface area contributed by atoms with E-state index in [2.05, 4.69) is 4.72 Å². The van der Waals surface area contributed by atoms with Gasteiger partial charge in [0.1, 0.15) is 4.90 Å². The van der Waals surface area contributed by atoms with E-state index in [1.807, 2.05) is 34.6 Å². The Morgan fingerprint density at radius 3 is 1.71 bits per heavy atom. The maximum absolute atomic E-state index is 12.5. The number of rotatable bonds is 4. The number of hydrogen-bond acceptors (Lipinski definition) is 2. The van der Waals surface area contributed by atoms with Crippen molar-refractivity contribution in [1.29, 1.82) is 0 Å². The van der Waals surface area contributed by atoms with Gasteiger partial charge < -0.3 is 0 Å². The molecule has 0 bridgehead atoms. The third kappa shape index (κ3) is 8.53. The Bertz CT molecular complexity index is 448. The quantitative estimate of drug-likeness (QED) is 0.467. The molecule has 0 fully saturated rings. The van der Waals surface area contributed by atoms with Crippen molar-refractivity contribution in [1.82, 2.24) is 4.72 Å². The average Bonchev–Trinajstić information content (AvgIpc) is 2.27. The molecule has 0 saturated heterocycles. The van der Waals surface area contributed by atoms with Gasteiger partial charge in [-0.15, -0.1) is 0 Å². The average molecular weight is 351 g/mol. The van der Waals surface area contributed by atoms with E-state index in [9.17, 15) is 19.4 Å². The van der Waals surface area contributed by atoms with Gasteiger partial charge in [-0.2, -0.15) is 0 Å². The second-order valence-electron chi connectivity index (χ2n) is 5.15. The van der Waals surface area contributed by atoms with E-state index in [1.54, 1.807) is 0 Å². The van der Waals surface area contributed by atoms with Crippen LogP contribution in [0, 0.1) is 0 Å². The highest BCUT2D eigenvalue weighted by molar-refractivity contribution is 8.45. The van der Waals surface area contributed by atoms with Crippen LogP contribution in [0.2, 0.25) is 0 Å². The minimum absolute atomic E-state index is 0.0379. The van der Waals surface area contributed by atoms with Gasteiger partial charge >= 0.3 is 10.2 Å². The second-order valence-corrected chi connectivity index (χ2v) is 9.28. The zero-order valence-electron chi connectivity index (χ0n) is 12.7. The fraction of sp³-hybridized carbons (Fsp3) is 0.538. The summed E-state index contributed by atoms with van der Waals surface area (Å²) in [5.41, 5.74) is 0.516. The molecule has 8 heteroatoms. The molecule has 21 heavy (non-hydrogen) atoms. The van der Waals surface area contributed by atoms with Gasteiger partial charge in [-0.1, -0.05) is 57.4 Å². The summed E-state index contributed by atoms with van der Waals surface area (Å²) in [5.74, 6) is 0. The molecule has 0 saturated carbocycles. The van der Waals surface area contributed by atoms with Crippen molar-refractivity contribution in [3.8, 4) is 0 Å². The van der Waals surface area contributed by atoms with Crippen LogP contribution < -0.4 is 4.72 Å². The summed E-state index contributed by atoms with van der Waals surface area (Å²) in [6.07, 6.45) is 0. The van der Waals surface area contributed by atoms with Crippen molar-refractivity contribution in [2.75, 3.05) is 0 Å². The molecule has 0 unspecified atom stereocenters. The highest BCUT2D eigenvalue weighted by atomic mass is 32.5. The Balaban J connectivity index is 0.00000191. The smallest absolute Gasteiger partial charge is 0.259 e. The molecule has 0 aromatic heterocycles.